The molecular formula is C16H23N3O3. The van der Waals surface area contributed by atoms with E-state index in [9.17, 15) is 14.7 Å². The minimum absolute atomic E-state index is 0.0104. The van der Waals surface area contributed by atoms with Crippen molar-refractivity contribution in [3.05, 3.63) is 30.1 Å². The fraction of sp³-hybridized carbons (Fsp3) is 0.562. The summed E-state index contributed by atoms with van der Waals surface area (Å²) < 4.78 is 0. The average molecular weight is 305 g/mol. The number of rotatable bonds is 5. The average Bonchev–Trinajstić information content (AvgIpc) is 2.48. The number of amides is 1. The van der Waals surface area contributed by atoms with E-state index in [0.717, 1.165) is 12.0 Å². The molecule has 0 aromatic carbocycles. The lowest BCUT2D eigenvalue weighted by molar-refractivity contribution is -0.153. The Morgan fingerprint density at radius 3 is 2.73 bits per heavy atom. The van der Waals surface area contributed by atoms with E-state index in [2.05, 4.69) is 4.98 Å². The summed E-state index contributed by atoms with van der Waals surface area (Å²) in [5, 5.41) is 9.32. The van der Waals surface area contributed by atoms with Crippen LogP contribution in [0.25, 0.3) is 0 Å². The second-order valence-corrected chi connectivity index (χ2v) is 6.31. The normalized spacial score (nSPS) is 21.9. The van der Waals surface area contributed by atoms with Gasteiger partial charge in [0.05, 0.1) is 12.0 Å². The number of piperidine rings is 1. The minimum Gasteiger partial charge on any atom is -0.481 e. The molecule has 0 bridgehead atoms. The lowest BCUT2D eigenvalue weighted by Crippen LogP contribution is -2.50. The number of carboxylic acids is 1. The van der Waals surface area contributed by atoms with Gasteiger partial charge in [0.25, 0.3) is 0 Å². The minimum atomic E-state index is -0.824. The monoisotopic (exact) mass is 305 g/mol. The molecule has 6 heteroatoms. The topological polar surface area (TPSA) is 73.7 Å². The van der Waals surface area contributed by atoms with Crippen molar-refractivity contribution in [3.8, 4) is 0 Å². The van der Waals surface area contributed by atoms with Gasteiger partial charge in [0.15, 0.2) is 0 Å². The van der Waals surface area contributed by atoms with Crippen molar-refractivity contribution in [1.82, 2.24) is 14.8 Å². The number of hydrogen-bond acceptors (Lipinski definition) is 4. The lowest BCUT2D eigenvalue weighted by atomic mass is 9.82. The molecule has 1 amide bonds. The summed E-state index contributed by atoms with van der Waals surface area (Å²) in [6, 6.07) is 3.84. The first kappa shape index (κ1) is 16.4. The van der Waals surface area contributed by atoms with E-state index in [1.54, 1.807) is 24.2 Å². The second-order valence-electron chi connectivity index (χ2n) is 6.31. The quantitative estimate of drug-likeness (QED) is 0.885. The number of nitrogens with zero attached hydrogens (tertiary/aromatic N) is 3. The molecule has 0 unspecified atom stereocenters. The highest BCUT2D eigenvalue weighted by atomic mass is 16.4. The predicted octanol–water partition coefficient (Wildman–Crippen LogP) is 1.23. The van der Waals surface area contributed by atoms with Gasteiger partial charge in [-0.25, -0.2) is 0 Å². The Bertz CT molecular complexity index is 535. The molecule has 6 nitrogen and oxygen atoms in total. The van der Waals surface area contributed by atoms with E-state index < -0.39 is 11.4 Å². The zero-order valence-corrected chi connectivity index (χ0v) is 13.2. The Hall–Kier alpha value is -1.95. The fourth-order valence-electron chi connectivity index (χ4n) is 2.81. The molecule has 2 rings (SSSR count). The van der Waals surface area contributed by atoms with Crippen molar-refractivity contribution >= 4 is 11.9 Å². The van der Waals surface area contributed by atoms with Crippen LogP contribution in [0.5, 0.6) is 0 Å². The van der Waals surface area contributed by atoms with E-state index in [1.807, 2.05) is 24.1 Å². The zero-order chi connectivity index (χ0) is 16.2. The molecule has 1 aromatic rings. The van der Waals surface area contributed by atoms with E-state index >= 15 is 0 Å². The lowest BCUT2D eigenvalue weighted by Gasteiger charge is -2.38. The van der Waals surface area contributed by atoms with Crippen LogP contribution >= 0.6 is 0 Å². The molecule has 1 fully saturated rings. The Kier molecular flexibility index (Phi) is 5.13. The third-order valence-electron chi connectivity index (χ3n) is 4.17. The molecule has 120 valence electrons. The third-order valence-corrected chi connectivity index (χ3v) is 4.17. The van der Waals surface area contributed by atoms with Crippen LogP contribution < -0.4 is 0 Å². The molecule has 0 aliphatic carbocycles. The number of carbonyl (C=O) groups excluding carboxylic acids is 1. The SMILES string of the molecule is CN(CC(=O)N1CCC[C@@](C)(C(=O)O)C1)Cc1ccncc1. The van der Waals surface area contributed by atoms with Gasteiger partial charge in [0.1, 0.15) is 0 Å². The molecule has 1 atom stereocenters. The Morgan fingerprint density at radius 2 is 2.09 bits per heavy atom. The van der Waals surface area contributed by atoms with Crippen molar-refractivity contribution < 1.29 is 14.7 Å². The summed E-state index contributed by atoms with van der Waals surface area (Å²) in [7, 11) is 1.89. The molecular weight excluding hydrogens is 282 g/mol. The predicted molar refractivity (Wildman–Crippen MR) is 82.1 cm³/mol. The van der Waals surface area contributed by atoms with Crippen LogP contribution in [-0.2, 0) is 16.1 Å². The summed E-state index contributed by atoms with van der Waals surface area (Å²) in [4.78, 5) is 31.3. The van der Waals surface area contributed by atoms with Gasteiger partial charge in [-0.1, -0.05) is 0 Å². The molecule has 0 saturated carbocycles. The number of aliphatic carboxylic acids is 1. The zero-order valence-electron chi connectivity index (χ0n) is 13.2. The van der Waals surface area contributed by atoms with Gasteiger partial charge < -0.3 is 10.0 Å². The largest absolute Gasteiger partial charge is 0.481 e. The maximum Gasteiger partial charge on any atom is 0.311 e. The smallest absolute Gasteiger partial charge is 0.311 e. The fourth-order valence-corrected chi connectivity index (χ4v) is 2.81. The Balaban J connectivity index is 1.90. The number of hydrogen-bond donors (Lipinski definition) is 1. The number of carbonyl (C=O) groups is 2. The molecule has 0 spiro atoms. The molecule has 0 radical (unpaired) electrons. The Labute approximate surface area is 130 Å². The first-order valence-electron chi connectivity index (χ1n) is 7.49. The van der Waals surface area contributed by atoms with Crippen LogP contribution in [0.15, 0.2) is 24.5 Å². The third kappa shape index (κ3) is 4.04. The number of pyridine rings is 1. The number of carboxylic acid groups (broad SMARTS) is 1. The maximum absolute atomic E-state index is 12.4. The second kappa shape index (κ2) is 6.87. The summed E-state index contributed by atoms with van der Waals surface area (Å²) in [6.07, 6.45) is 4.82. The van der Waals surface area contributed by atoms with Crippen LogP contribution in [-0.4, -0.2) is 58.4 Å². The first-order valence-corrected chi connectivity index (χ1v) is 7.49. The van der Waals surface area contributed by atoms with E-state index in [0.29, 0.717) is 26.1 Å². The molecule has 1 saturated heterocycles. The van der Waals surface area contributed by atoms with Crippen LogP contribution in [0.3, 0.4) is 0 Å². The van der Waals surface area contributed by atoms with Crippen LogP contribution in [0.1, 0.15) is 25.3 Å². The molecule has 1 aliphatic rings. The van der Waals surface area contributed by atoms with Gasteiger partial charge >= 0.3 is 5.97 Å². The van der Waals surface area contributed by atoms with Gasteiger partial charge in [0, 0.05) is 32.0 Å². The highest BCUT2D eigenvalue weighted by Gasteiger charge is 2.39. The number of aromatic nitrogens is 1. The molecule has 2 heterocycles. The van der Waals surface area contributed by atoms with Crippen molar-refractivity contribution in [2.24, 2.45) is 5.41 Å². The molecule has 1 aromatic heterocycles. The molecule has 22 heavy (non-hydrogen) atoms. The van der Waals surface area contributed by atoms with Crippen molar-refractivity contribution in [3.63, 3.8) is 0 Å². The van der Waals surface area contributed by atoms with Crippen LogP contribution in [0.4, 0.5) is 0 Å². The van der Waals surface area contributed by atoms with E-state index in [1.165, 1.54) is 0 Å². The highest BCUT2D eigenvalue weighted by molar-refractivity contribution is 5.80. The molecule has 1 aliphatic heterocycles. The molecule has 1 N–H and O–H groups in total. The summed E-state index contributed by atoms with van der Waals surface area (Å²) in [6.45, 7) is 3.61. The van der Waals surface area contributed by atoms with Gasteiger partial charge in [-0.2, -0.15) is 0 Å². The van der Waals surface area contributed by atoms with Crippen LogP contribution in [0.2, 0.25) is 0 Å². The van der Waals surface area contributed by atoms with Crippen molar-refractivity contribution in [1.29, 1.82) is 0 Å². The van der Waals surface area contributed by atoms with Gasteiger partial charge in [0.2, 0.25) is 5.91 Å². The Morgan fingerprint density at radius 1 is 1.41 bits per heavy atom. The van der Waals surface area contributed by atoms with Crippen LogP contribution in [0, 0.1) is 5.41 Å². The maximum atomic E-state index is 12.4. The summed E-state index contributed by atoms with van der Waals surface area (Å²) in [5.74, 6) is -0.834. The number of likely N-dealkylation sites (tertiary alicyclic amines) is 1. The van der Waals surface area contributed by atoms with E-state index in [4.69, 9.17) is 0 Å². The summed E-state index contributed by atoms with van der Waals surface area (Å²) in [5.41, 5.74) is 0.275. The van der Waals surface area contributed by atoms with Gasteiger partial charge in [-0.15, -0.1) is 0 Å². The van der Waals surface area contributed by atoms with Crippen molar-refractivity contribution in [2.45, 2.75) is 26.3 Å². The van der Waals surface area contributed by atoms with Gasteiger partial charge in [-0.3, -0.25) is 19.5 Å². The first-order chi connectivity index (χ1) is 10.4. The summed E-state index contributed by atoms with van der Waals surface area (Å²) >= 11 is 0. The van der Waals surface area contributed by atoms with E-state index in [-0.39, 0.29) is 12.5 Å². The highest BCUT2D eigenvalue weighted by Crippen LogP contribution is 2.29. The standard InChI is InChI=1S/C16H23N3O3/c1-16(15(21)22)6-3-9-19(12-16)14(20)11-18(2)10-13-4-7-17-8-5-13/h4-5,7-8H,3,6,9-12H2,1-2H3,(H,21,22)/t16-/m1/s1. The van der Waals surface area contributed by atoms with Crippen molar-refractivity contribution in [2.75, 3.05) is 26.7 Å². The number of likely N-dealkylation sites (N-methyl/N-ethyl adjacent to an activating group) is 1. The van der Waals surface area contributed by atoms with Gasteiger partial charge in [-0.05, 0) is 44.5 Å².